The van der Waals surface area contributed by atoms with Crippen molar-refractivity contribution >= 4 is 17.6 Å². The van der Waals surface area contributed by atoms with Crippen LogP contribution in [0.2, 0.25) is 0 Å². The van der Waals surface area contributed by atoms with Gasteiger partial charge in [0, 0.05) is 25.6 Å². The number of halogens is 4. The van der Waals surface area contributed by atoms with Crippen molar-refractivity contribution in [3.05, 3.63) is 53.0 Å². The van der Waals surface area contributed by atoms with E-state index in [1.165, 1.54) is 12.5 Å². The Balaban J connectivity index is 1.21. The van der Waals surface area contributed by atoms with Crippen molar-refractivity contribution in [2.45, 2.75) is 31.4 Å². The van der Waals surface area contributed by atoms with Gasteiger partial charge in [0.05, 0.1) is 17.1 Å². The van der Waals surface area contributed by atoms with Gasteiger partial charge < -0.3 is 14.2 Å². The van der Waals surface area contributed by atoms with Crippen molar-refractivity contribution in [2.24, 2.45) is 5.92 Å². The second-order valence-electron chi connectivity index (χ2n) is 8.69. The first kappa shape index (κ1) is 23.1. The van der Waals surface area contributed by atoms with E-state index in [9.17, 15) is 17.6 Å². The van der Waals surface area contributed by atoms with Gasteiger partial charge in [-0.2, -0.15) is 13.2 Å². The van der Waals surface area contributed by atoms with Crippen LogP contribution in [0.1, 0.15) is 35.4 Å². The van der Waals surface area contributed by atoms with E-state index in [1.54, 1.807) is 18.7 Å². The number of piperidine rings is 1. The summed E-state index contributed by atoms with van der Waals surface area (Å²) in [5, 5.41) is 8.18. The molecule has 2 heterocycles. The number of aromatic nitrogens is 1. The number of oxazole rings is 1. The average Bonchev–Trinajstić information content (AvgIpc) is 3.05. The zero-order valence-electron chi connectivity index (χ0n) is 18.0. The highest BCUT2D eigenvalue weighted by atomic mass is 32.2. The van der Waals surface area contributed by atoms with Crippen molar-refractivity contribution in [3.8, 4) is 0 Å². The number of thioether (sulfide) groups is 1. The number of fused-ring (bicyclic) bond motifs is 1. The van der Waals surface area contributed by atoms with Gasteiger partial charge >= 0.3 is 6.18 Å². The fourth-order valence-corrected chi connectivity index (χ4v) is 5.48. The van der Waals surface area contributed by atoms with Crippen molar-refractivity contribution in [2.75, 3.05) is 38.3 Å². The summed E-state index contributed by atoms with van der Waals surface area (Å²) in [6.07, 6.45) is -1.44. The zero-order chi connectivity index (χ0) is 23.1. The summed E-state index contributed by atoms with van der Waals surface area (Å²) >= 11 is 1.73. The minimum atomic E-state index is -4.66. The van der Waals surface area contributed by atoms with Gasteiger partial charge in [-0.3, -0.25) is 5.41 Å². The minimum Gasteiger partial charge on any atom is -0.440 e. The van der Waals surface area contributed by atoms with Crippen LogP contribution in [-0.4, -0.2) is 58.9 Å². The molecule has 1 unspecified atom stereocenters. The molecule has 4 rings (SSSR count). The highest BCUT2D eigenvalue weighted by Gasteiger charge is 2.60. The van der Waals surface area contributed by atoms with E-state index in [-0.39, 0.29) is 5.41 Å². The van der Waals surface area contributed by atoms with Crippen LogP contribution in [0.3, 0.4) is 0 Å². The first-order valence-corrected chi connectivity index (χ1v) is 11.6. The lowest BCUT2D eigenvalue weighted by molar-refractivity contribution is -0.140. The van der Waals surface area contributed by atoms with Gasteiger partial charge in [-0.1, -0.05) is 6.07 Å². The highest BCUT2D eigenvalue weighted by molar-refractivity contribution is 7.99. The van der Waals surface area contributed by atoms with E-state index in [2.05, 4.69) is 9.88 Å². The molecule has 2 atom stereocenters. The third-order valence-corrected chi connectivity index (χ3v) is 7.60. The number of hydrogen-bond acceptors (Lipinski definition) is 5. The molecule has 2 aromatic rings. The topological polar surface area (TPSA) is 56.4 Å². The Bertz CT molecular complexity index is 995. The molecule has 174 valence electrons. The van der Waals surface area contributed by atoms with Gasteiger partial charge in [0.15, 0.2) is 18.0 Å². The summed E-state index contributed by atoms with van der Waals surface area (Å²) in [6, 6.07) is 3.41. The molecule has 1 saturated heterocycles. The summed E-state index contributed by atoms with van der Waals surface area (Å²) < 4.78 is 57.8. The molecule has 2 aliphatic rings. The summed E-state index contributed by atoms with van der Waals surface area (Å²) in [5.41, 5.74) is -0.00483. The zero-order valence-corrected chi connectivity index (χ0v) is 18.8. The maximum absolute atomic E-state index is 14.0. The summed E-state index contributed by atoms with van der Waals surface area (Å²) in [4.78, 5) is 8.16. The van der Waals surface area contributed by atoms with Gasteiger partial charge in [0.2, 0.25) is 0 Å². The SMILES string of the molecule is Cc1ncoc1C(=N)N(C)CSCCCN1CC2C[C@@]2(c2ccc(C(F)(F)F)c(F)c2)C1. The van der Waals surface area contributed by atoms with Crippen LogP contribution in [0, 0.1) is 24.1 Å². The van der Waals surface area contributed by atoms with Crippen molar-refractivity contribution < 1.29 is 22.0 Å². The van der Waals surface area contributed by atoms with Crippen LogP contribution < -0.4 is 0 Å². The number of amidine groups is 1. The molecule has 1 aliphatic heterocycles. The Morgan fingerprint density at radius 2 is 2.19 bits per heavy atom. The molecule has 1 N–H and O–H groups in total. The number of likely N-dealkylation sites (tertiary alicyclic amines) is 1. The molecular weight excluding hydrogens is 444 g/mol. The molecule has 0 spiro atoms. The van der Waals surface area contributed by atoms with E-state index >= 15 is 0 Å². The molecule has 1 saturated carbocycles. The predicted octanol–water partition coefficient (Wildman–Crippen LogP) is 4.75. The lowest BCUT2D eigenvalue weighted by atomic mass is 9.93. The number of nitrogens with zero attached hydrogens (tertiary/aromatic N) is 3. The summed E-state index contributed by atoms with van der Waals surface area (Å²) in [5.74, 6) is 1.59. The van der Waals surface area contributed by atoms with E-state index < -0.39 is 17.6 Å². The van der Waals surface area contributed by atoms with E-state index in [4.69, 9.17) is 9.83 Å². The Hall–Kier alpha value is -2.07. The maximum Gasteiger partial charge on any atom is 0.419 e. The largest absolute Gasteiger partial charge is 0.440 e. The van der Waals surface area contributed by atoms with Crippen LogP contribution in [0.4, 0.5) is 17.6 Å². The first-order valence-electron chi connectivity index (χ1n) is 10.5. The van der Waals surface area contributed by atoms with Crippen LogP contribution in [0.5, 0.6) is 0 Å². The molecule has 1 aliphatic carbocycles. The number of nitrogens with one attached hydrogen (secondary N) is 1. The van der Waals surface area contributed by atoms with Crippen molar-refractivity contribution in [1.82, 2.24) is 14.8 Å². The van der Waals surface area contributed by atoms with Crippen molar-refractivity contribution in [1.29, 1.82) is 5.41 Å². The van der Waals surface area contributed by atoms with Crippen LogP contribution in [-0.2, 0) is 11.6 Å². The van der Waals surface area contributed by atoms with E-state index in [1.807, 2.05) is 11.9 Å². The number of hydrogen-bond donors (Lipinski definition) is 1. The number of aryl methyl sites for hydroxylation is 1. The van der Waals surface area contributed by atoms with Gasteiger partial charge in [-0.05, 0) is 55.7 Å². The van der Waals surface area contributed by atoms with Gasteiger partial charge in [0.25, 0.3) is 0 Å². The third-order valence-electron chi connectivity index (χ3n) is 6.46. The highest BCUT2D eigenvalue weighted by Crippen LogP contribution is 2.59. The molecule has 0 amide bonds. The third kappa shape index (κ3) is 4.52. The second kappa shape index (κ2) is 8.70. The maximum atomic E-state index is 14.0. The fraction of sp³-hybridized carbons (Fsp3) is 0.545. The number of benzene rings is 1. The Morgan fingerprint density at radius 1 is 1.41 bits per heavy atom. The summed E-state index contributed by atoms with van der Waals surface area (Å²) in [6.45, 7) is 4.38. The molecule has 2 fully saturated rings. The lowest BCUT2D eigenvalue weighted by Gasteiger charge is -2.22. The number of alkyl halides is 3. The lowest BCUT2D eigenvalue weighted by Crippen LogP contribution is -2.28. The standard InChI is InChI=1S/C22H26F4N4OS/c1-14-19(31-12-28-14)20(27)29(2)13-32-7-3-6-30-10-16-9-21(16,11-30)15-4-5-17(18(23)8-15)22(24,25)26/h4-5,8,12,16,27H,3,6-7,9-11,13H2,1-2H3/t16?,21-/m0/s1. The van der Waals surface area contributed by atoms with Crippen LogP contribution >= 0.6 is 11.8 Å². The molecule has 5 nitrogen and oxygen atoms in total. The summed E-state index contributed by atoms with van der Waals surface area (Å²) in [7, 11) is 1.85. The van der Waals surface area contributed by atoms with Gasteiger partial charge in [-0.25, -0.2) is 9.37 Å². The van der Waals surface area contributed by atoms with Crippen molar-refractivity contribution in [3.63, 3.8) is 0 Å². The molecule has 32 heavy (non-hydrogen) atoms. The average molecular weight is 471 g/mol. The molecular formula is C22H26F4N4OS. The van der Waals surface area contributed by atoms with Crippen LogP contribution in [0.25, 0.3) is 0 Å². The fourth-order valence-electron chi connectivity index (χ4n) is 4.62. The van der Waals surface area contributed by atoms with E-state index in [0.29, 0.717) is 34.6 Å². The smallest absolute Gasteiger partial charge is 0.419 e. The molecule has 10 heteroatoms. The monoisotopic (exact) mass is 470 g/mol. The van der Waals surface area contributed by atoms with Crippen LogP contribution in [0.15, 0.2) is 29.0 Å². The quantitative estimate of drug-likeness (QED) is 0.198. The Labute approximate surface area is 188 Å². The van der Waals surface area contributed by atoms with E-state index in [0.717, 1.165) is 50.4 Å². The van der Waals surface area contributed by atoms with Gasteiger partial charge in [-0.15, -0.1) is 11.8 Å². The van der Waals surface area contributed by atoms with Gasteiger partial charge in [0.1, 0.15) is 5.82 Å². The predicted molar refractivity (Wildman–Crippen MR) is 115 cm³/mol. The molecule has 1 aromatic carbocycles. The Morgan fingerprint density at radius 3 is 2.84 bits per heavy atom. The molecule has 0 radical (unpaired) electrons. The first-order chi connectivity index (χ1) is 15.1. The number of rotatable bonds is 8. The second-order valence-corrected chi connectivity index (χ2v) is 9.76. The molecule has 1 aromatic heterocycles. The minimum absolute atomic E-state index is 0.192. The molecule has 0 bridgehead atoms. The Kier molecular flexibility index (Phi) is 6.28. The normalized spacial score (nSPS) is 22.8.